The Labute approximate surface area is 155 Å². The molecular weight excluding hydrogens is 354 g/mol. The molecule has 0 radical (unpaired) electrons. The van der Waals surface area contributed by atoms with Crippen LogP contribution in [0.3, 0.4) is 0 Å². The number of aromatic hydroxyl groups is 1. The number of aliphatic hydroxyl groups excluding tert-OH is 1. The number of thiophene rings is 1. The molecule has 3 N–H and O–H groups in total. The minimum absolute atomic E-state index is 0.0211. The van der Waals surface area contributed by atoms with Gasteiger partial charge in [0.2, 0.25) is 6.29 Å². The monoisotopic (exact) mass is 375 g/mol. The highest BCUT2D eigenvalue weighted by Crippen LogP contribution is 2.34. The van der Waals surface area contributed by atoms with E-state index in [4.69, 9.17) is 14.6 Å². The number of ether oxygens (including phenoxy) is 2. The lowest BCUT2D eigenvalue weighted by atomic mass is 9.99. The van der Waals surface area contributed by atoms with Crippen molar-refractivity contribution in [3.8, 4) is 5.75 Å². The number of rotatable bonds is 7. The molecule has 0 saturated heterocycles. The van der Waals surface area contributed by atoms with Gasteiger partial charge in [-0.05, 0) is 36.1 Å². The van der Waals surface area contributed by atoms with Crippen LogP contribution in [-0.4, -0.2) is 35.6 Å². The third-order valence-corrected chi connectivity index (χ3v) is 4.90. The summed E-state index contributed by atoms with van der Waals surface area (Å²) in [5.41, 5.74) is 0.482. The van der Waals surface area contributed by atoms with E-state index in [0.717, 1.165) is 4.88 Å². The molecule has 0 saturated carbocycles. The second-order valence-corrected chi connectivity index (χ2v) is 6.87. The van der Waals surface area contributed by atoms with E-state index in [1.165, 1.54) is 12.1 Å². The third-order valence-electron chi connectivity index (χ3n) is 3.90. The van der Waals surface area contributed by atoms with Crippen molar-refractivity contribution in [3.05, 3.63) is 58.5 Å². The predicted molar refractivity (Wildman–Crippen MR) is 99.0 cm³/mol. The summed E-state index contributed by atoms with van der Waals surface area (Å²) in [6, 6.07) is 10.3. The van der Waals surface area contributed by atoms with Crippen LogP contribution in [0.2, 0.25) is 0 Å². The van der Waals surface area contributed by atoms with Gasteiger partial charge in [0.25, 0.3) is 5.91 Å². The molecule has 6 nitrogen and oxygen atoms in total. The maximum Gasteiger partial charge on any atom is 0.290 e. The molecule has 0 aliphatic carbocycles. The van der Waals surface area contributed by atoms with Gasteiger partial charge >= 0.3 is 0 Å². The predicted octanol–water partition coefficient (Wildman–Crippen LogP) is 3.21. The molecule has 7 heteroatoms. The number of phenolic OH excluding ortho intramolecular Hbond substituents is 1. The van der Waals surface area contributed by atoms with Gasteiger partial charge in [-0.3, -0.25) is 4.79 Å². The molecule has 26 heavy (non-hydrogen) atoms. The van der Waals surface area contributed by atoms with Crippen molar-refractivity contribution in [2.75, 3.05) is 18.5 Å². The number of allylic oxidation sites excluding steroid dienone is 1. The lowest BCUT2D eigenvalue weighted by Gasteiger charge is -2.28. The first kappa shape index (κ1) is 18.4. The highest BCUT2D eigenvalue weighted by atomic mass is 32.1. The van der Waals surface area contributed by atoms with Gasteiger partial charge in [-0.15, -0.1) is 11.3 Å². The quantitative estimate of drug-likeness (QED) is 0.647. The largest absolute Gasteiger partial charge is 0.508 e. The number of hydrogen-bond acceptors (Lipinski definition) is 6. The van der Waals surface area contributed by atoms with E-state index in [1.807, 2.05) is 17.5 Å². The molecule has 1 aliphatic rings. The highest BCUT2D eigenvalue weighted by molar-refractivity contribution is 7.10. The van der Waals surface area contributed by atoms with E-state index in [2.05, 4.69) is 5.32 Å². The van der Waals surface area contributed by atoms with E-state index >= 15 is 0 Å². The van der Waals surface area contributed by atoms with Gasteiger partial charge in [0, 0.05) is 35.6 Å². The minimum atomic E-state index is -0.552. The second kappa shape index (κ2) is 8.84. The zero-order chi connectivity index (χ0) is 18.4. The van der Waals surface area contributed by atoms with Crippen molar-refractivity contribution in [2.24, 2.45) is 0 Å². The molecular formula is C19H21NO5S. The molecule has 0 bridgehead atoms. The van der Waals surface area contributed by atoms with Gasteiger partial charge in [0.15, 0.2) is 5.76 Å². The molecule has 1 aliphatic heterocycles. The summed E-state index contributed by atoms with van der Waals surface area (Å²) in [5.74, 6) is -0.115. The maximum atomic E-state index is 12.6. The van der Waals surface area contributed by atoms with Gasteiger partial charge in [-0.2, -0.15) is 0 Å². The Kier molecular flexibility index (Phi) is 6.27. The summed E-state index contributed by atoms with van der Waals surface area (Å²) in [7, 11) is 0. The molecule has 138 valence electrons. The van der Waals surface area contributed by atoms with E-state index in [0.29, 0.717) is 25.1 Å². The summed E-state index contributed by atoms with van der Waals surface area (Å²) in [6.07, 6.45) is 2.37. The van der Waals surface area contributed by atoms with Crippen LogP contribution in [0.25, 0.3) is 0 Å². The Morgan fingerprint density at radius 1 is 1.35 bits per heavy atom. The van der Waals surface area contributed by atoms with Crippen molar-refractivity contribution >= 4 is 22.9 Å². The number of benzene rings is 1. The van der Waals surface area contributed by atoms with E-state index in [9.17, 15) is 9.90 Å². The van der Waals surface area contributed by atoms with Crippen LogP contribution < -0.4 is 5.32 Å². The summed E-state index contributed by atoms with van der Waals surface area (Å²) < 4.78 is 11.4. The lowest BCUT2D eigenvalue weighted by molar-refractivity contribution is -0.144. The molecule has 1 aromatic heterocycles. The standard InChI is InChI=1S/C19H21NO5S/c21-7-3-8-24-18-11-13(17-6-2-9-26-17)10-16(25-18)19(23)20-14-4-1-5-15(22)12-14/h1-2,4-6,9-10,12-13,18,21-22H,3,7-8,11H2,(H,20,23)/t13-,18+/m0/s1. The number of aliphatic hydroxyl groups is 1. The lowest BCUT2D eigenvalue weighted by Crippen LogP contribution is -2.29. The zero-order valence-electron chi connectivity index (χ0n) is 14.1. The molecule has 2 aromatic rings. The van der Waals surface area contributed by atoms with Crippen molar-refractivity contribution in [2.45, 2.75) is 25.0 Å². The summed E-state index contributed by atoms with van der Waals surface area (Å²) >= 11 is 1.62. The molecule has 2 heterocycles. The van der Waals surface area contributed by atoms with Gasteiger partial charge in [-0.1, -0.05) is 12.1 Å². The second-order valence-electron chi connectivity index (χ2n) is 5.89. The number of amides is 1. The average molecular weight is 375 g/mol. The number of carbonyl (C=O) groups is 1. The number of nitrogens with one attached hydrogen (secondary N) is 1. The van der Waals surface area contributed by atoms with Crippen molar-refractivity contribution < 1.29 is 24.5 Å². The van der Waals surface area contributed by atoms with Crippen LogP contribution in [-0.2, 0) is 14.3 Å². The fourth-order valence-electron chi connectivity index (χ4n) is 2.67. The SMILES string of the molecule is O=C(Nc1cccc(O)c1)C1=C[C@H](c2cccs2)C[C@H](OCCCO)O1. The van der Waals surface area contributed by atoms with Gasteiger partial charge < -0.3 is 25.0 Å². The Morgan fingerprint density at radius 2 is 2.23 bits per heavy atom. The average Bonchev–Trinajstić information content (AvgIpc) is 3.16. The normalized spacial score (nSPS) is 19.5. The van der Waals surface area contributed by atoms with Crippen LogP contribution in [0.15, 0.2) is 53.6 Å². The molecule has 2 atom stereocenters. The van der Waals surface area contributed by atoms with Crippen LogP contribution in [0.4, 0.5) is 5.69 Å². The van der Waals surface area contributed by atoms with Gasteiger partial charge in [-0.25, -0.2) is 0 Å². The first-order valence-corrected chi connectivity index (χ1v) is 9.28. The van der Waals surface area contributed by atoms with E-state index in [-0.39, 0.29) is 24.0 Å². The van der Waals surface area contributed by atoms with Gasteiger partial charge in [0.1, 0.15) is 5.75 Å². The smallest absolute Gasteiger partial charge is 0.290 e. The summed E-state index contributed by atoms with van der Waals surface area (Å²) in [4.78, 5) is 13.7. The Hall–Kier alpha value is -2.35. The van der Waals surface area contributed by atoms with Crippen molar-refractivity contribution in [1.82, 2.24) is 0 Å². The molecule has 0 fully saturated rings. The fraction of sp³-hybridized carbons (Fsp3) is 0.316. The maximum absolute atomic E-state index is 12.6. The number of anilines is 1. The van der Waals surface area contributed by atoms with Crippen molar-refractivity contribution in [1.29, 1.82) is 0 Å². The van der Waals surface area contributed by atoms with Gasteiger partial charge in [0.05, 0.1) is 6.61 Å². The van der Waals surface area contributed by atoms with Crippen LogP contribution in [0.5, 0.6) is 5.75 Å². The van der Waals surface area contributed by atoms with Crippen LogP contribution >= 0.6 is 11.3 Å². The van der Waals surface area contributed by atoms with Crippen LogP contribution in [0.1, 0.15) is 23.6 Å². The fourth-order valence-corrected chi connectivity index (χ4v) is 3.49. The number of phenols is 1. The molecule has 1 amide bonds. The molecule has 1 aromatic carbocycles. The van der Waals surface area contributed by atoms with Crippen molar-refractivity contribution in [3.63, 3.8) is 0 Å². The number of hydrogen-bond donors (Lipinski definition) is 3. The first-order valence-electron chi connectivity index (χ1n) is 8.40. The highest BCUT2D eigenvalue weighted by Gasteiger charge is 2.29. The van der Waals surface area contributed by atoms with Crippen LogP contribution in [0, 0.1) is 0 Å². The Balaban J connectivity index is 1.74. The molecule has 0 spiro atoms. The molecule has 3 rings (SSSR count). The number of carbonyl (C=O) groups excluding carboxylic acids is 1. The topological polar surface area (TPSA) is 88.0 Å². The Morgan fingerprint density at radius 3 is 2.96 bits per heavy atom. The van der Waals surface area contributed by atoms with E-state index in [1.54, 1.807) is 29.5 Å². The zero-order valence-corrected chi connectivity index (χ0v) is 14.9. The summed E-state index contributed by atoms with van der Waals surface area (Å²) in [5, 5.41) is 23.2. The third kappa shape index (κ3) is 4.85. The molecule has 0 unspecified atom stereocenters. The van der Waals surface area contributed by atoms with E-state index < -0.39 is 12.2 Å². The first-order chi connectivity index (χ1) is 12.7. The summed E-state index contributed by atoms with van der Waals surface area (Å²) in [6.45, 7) is 0.404. The Bertz CT molecular complexity index is 759. The minimum Gasteiger partial charge on any atom is -0.508 e.